The van der Waals surface area contributed by atoms with Gasteiger partial charge < -0.3 is 30.3 Å². The van der Waals surface area contributed by atoms with Gasteiger partial charge >= 0.3 is 14.2 Å². The number of Topliss-reactive ketones (excluding diaryl/α,β-unsaturated/α-hetero) is 1. The molecule has 0 saturated carbocycles. The topological polar surface area (TPSA) is 140 Å². The molecule has 2 aliphatic rings. The van der Waals surface area contributed by atoms with Crippen LogP contribution in [-0.4, -0.2) is 99.8 Å². The van der Waals surface area contributed by atoms with Gasteiger partial charge in [0.1, 0.15) is 7.05 Å². The molecule has 11 nitrogen and oxygen atoms in total. The van der Waals surface area contributed by atoms with Crippen molar-refractivity contribution in [3.63, 3.8) is 0 Å². The molecule has 0 radical (unpaired) electrons. The maximum atomic E-state index is 12.8. The van der Waals surface area contributed by atoms with E-state index in [-0.39, 0.29) is 46.5 Å². The van der Waals surface area contributed by atoms with E-state index in [4.69, 9.17) is 0 Å². The zero-order valence-electron chi connectivity index (χ0n) is 51.2. The number of carbonyl (C=O) groups excluding carboxylic acids is 2. The molecule has 2 aliphatic heterocycles. The number of benzene rings is 7. The number of rotatable bonds is 25. The van der Waals surface area contributed by atoms with Crippen LogP contribution in [0.2, 0.25) is 0 Å². The first-order valence-electron chi connectivity index (χ1n) is 29.7. The van der Waals surface area contributed by atoms with Crippen molar-refractivity contribution >= 4 is 99.5 Å². The molecule has 0 spiro atoms. The number of likely N-dealkylation sites (N-methyl/N-ethyl adjacent to an activating group) is 1. The minimum Gasteiger partial charge on any atom is -0.423 e. The van der Waals surface area contributed by atoms with Gasteiger partial charge in [-0.25, -0.2) is 0 Å². The average Bonchev–Trinajstić information content (AvgIpc) is 1.32. The standard InChI is InChI=1S/C72H81B2N5O6.HI/c1-49(2)67(80)33-22-23-41-78(45-53-25-14-19-30-63(53)73(82)83)48-60-56-28-17-16-27-55(56)59(47-79(42-24-40-75-70(81)50(3)4)46-54-26-15-20-31-64(54)74(84)85)57-38-36-51(43-58(57)60)52-37-39-66-62(44-52)72(7,8)69(77(66)10)35-13-11-12-34-68-71(5,6)61-29-18-21-32-65(61)76(68)9;/h11-21,25-32,34-39,43-44,82-85H,1,3,22-24,33,40-42,45-48H2,2,4-10H3;1H/p+1. The molecular formula is C72H83B2IN5O6+. The Morgan fingerprint density at radius 1 is 0.616 bits per heavy atom. The quantitative estimate of drug-likeness (QED) is 0.00720. The number of ketones is 1. The number of carbonyl (C=O) groups is 2. The maximum Gasteiger partial charge on any atom is 0.488 e. The third-order valence-corrected chi connectivity index (χ3v) is 17.4. The van der Waals surface area contributed by atoms with Crippen LogP contribution in [0.4, 0.5) is 11.4 Å². The molecule has 0 bridgehead atoms. The lowest BCUT2D eigenvalue weighted by atomic mass is 9.77. The molecule has 0 unspecified atom stereocenters. The van der Waals surface area contributed by atoms with Crippen LogP contribution < -0.4 is 21.1 Å². The lowest BCUT2D eigenvalue weighted by molar-refractivity contribution is -0.401. The molecule has 0 aromatic heterocycles. The highest BCUT2D eigenvalue weighted by molar-refractivity contribution is 14.0. The molecule has 7 aromatic rings. The average molecular weight is 1260 g/mol. The Morgan fingerprint density at radius 2 is 1.16 bits per heavy atom. The number of allylic oxidation sites excluding steroid dienone is 7. The molecule has 86 heavy (non-hydrogen) atoms. The Balaban J connectivity index is 0.00000961. The molecule has 0 aliphatic carbocycles. The second kappa shape index (κ2) is 28.2. The van der Waals surface area contributed by atoms with Crippen molar-refractivity contribution in [3.8, 4) is 11.1 Å². The van der Waals surface area contributed by atoms with E-state index in [9.17, 15) is 29.7 Å². The van der Waals surface area contributed by atoms with Crippen LogP contribution in [0.5, 0.6) is 0 Å². The Bertz CT molecular complexity index is 3830. The van der Waals surface area contributed by atoms with Crippen LogP contribution in [0.3, 0.4) is 0 Å². The predicted molar refractivity (Wildman–Crippen MR) is 367 cm³/mol. The summed E-state index contributed by atoms with van der Waals surface area (Å²) in [5.74, 6) is -0.136. The number of fused-ring (bicyclic) bond motifs is 4. The summed E-state index contributed by atoms with van der Waals surface area (Å²) in [6.07, 6.45) is 13.3. The van der Waals surface area contributed by atoms with Gasteiger partial charge in [-0.1, -0.05) is 154 Å². The fourth-order valence-electron chi connectivity index (χ4n) is 12.8. The first-order valence-corrected chi connectivity index (χ1v) is 29.7. The van der Waals surface area contributed by atoms with E-state index in [1.807, 2.05) is 36.4 Å². The van der Waals surface area contributed by atoms with E-state index in [1.54, 1.807) is 26.0 Å². The van der Waals surface area contributed by atoms with E-state index in [2.05, 4.69) is 195 Å². The normalized spacial score (nSPS) is 14.7. The highest BCUT2D eigenvalue weighted by atomic mass is 127. The van der Waals surface area contributed by atoms with Crippen LogP contribution in [0.1, 0.15) is 101 Å². The number of nitrogens with zero attached hydrogens (tertiary/aromatic N) is 4. The molecule has 7 aromatic carbocycles. The number of unbranched alkanes of at least 4 members (excludes halogenated alkanes) is 1. The van der Waals surface area contributed by atoms with Crippen molar-refractivity contribution < 1.29 is 34.3 Å². The van der Waals surface area contributed by atoms with Gasteiger partial charge in [0.25, 0.3) is 0 Å². The van der Waals surface area contributed by atoms with Crippen LogP contribution in [0, 0.1) is 0 Å². The van der Waals surface area contributed by atoms with Gasteiger partial charge in [-0.05, 0) is 155 Å². The number of hydrogen-bond acceptors (Lipinski definition) is 9. The van der Waals surface area contributed by atoms with Gasteiger partial charge in [-0.3, -0.25) is 19.4 Å². The molecule has 5 N–H and O–H groups in total. The molecule has 1 amide bonds. The molecule has 444 valence electrons. The van der Waals surface area contributed by atoms with Gasteiger partial charge in [0, 0.05) is 92.8 Å². The molecule has 0 saturated heterocycles. The number of halogens is 1. The minimum atomic E-state index is -1.65. The lowest BCUT2D eigenvalue weighted by Crippen LogP contribution is -2.36. The minimum absolute atomic E-state index is 0. The summed E-state index contributed by atoms with van der Waals surface area (Å²) in [5, 5.41) is 49.6. The summed E-state index contributed by atoms with van der Waals surface area (Å²) in [4.78, 5) is 32.4. The summed E-state index contributed by atoms with van der Waals surface area (Å²) < 4.78 is 2.29. The second-order valence-electron chi connectivity index (χ2n) is 24.2. The van der Waals surface area contributed by atoms with Gasteiger partial charge in [-0.2, -0.15) is 4.58 Å². The summed E-state index contributed by atoms with van der Waals surface area (Å²) in [6.45, 7) is 23.9. The van der Waals surface area contributed by atoms with Gasteiger partial charge in [-0.15, -0.1) is 24.0 Å². The van der Waals surface area contributed by atoms with Crippen molar-refractivity contribution in [2.75, 3.05) is 38.6 Å². The van der Waals surface area contributed by atoms with Crippen LogP contribution >= 0.6 is 24.0 Å². The number of hydrogen-bond donors (Lipinski definition) is 5. The monoisotopic (exact) mass is 1260 g/mol. The molecule has 2 heterocycles. The fraction of sp³-hybridized carbons (Fsp3) is 0.292. The smallest absolute Gasteiger partial charge is 0.423 e. The Hall–Kier alpha value is -7.01. The second-order valence-corrected chi connectivity index (χ2v) is 24.2. The van der Waals surface area contributed by atoms with E-state index in [0.717, 1.165) is 67.0 Å². The first kappa shape index (κ1) is 65.0. The van der Waals surface area contributed by atoms with E-state index in [0.29, 0.717) is 87.1 Å². The molecule has 0 fully saturated rings. The largest absolute Gasteiger partial charge is 0.488 e. The highest BCUT2D eigenvalue weighted by Crippen LogP contribution is 2.49. The zero-order valence-corrected chi connectivity index (χ0v) is 53.6. The predicted octanol–water partition coefficient (Wildman–Crippen LogP) is 11.5. The summed E-state index contributed by atoms with van der Waals surface area (Å²) in [5.41, 5.74) is 14.9. The van der Waals surface area contributed by atoms with Crippen LogP contribution in [0.25, 0.3) is 32.7 Å². The van der Waals surface area contributed by atoms with Crippen molar-refractivity contribution in [2.24, 2.45) is 0 Å². The molecule has 0 atom stereocenters. The molecule has 9 rings (SSSR count). The Kier molecular flexibility index (Phi) is 21.3. The number of anilines is 1. The number of para-hydroxylation sites is 1. The van der Waals surface area contributed by atoms with Crippen molar-refractivity contribution in [2.45, 2.75) is 104 Å². The van der Waals surface area contributed by atoms with Crippen molar-refractivity contribution in [1.82, 2.24) is 15.1 Å². The summed E-state index contributed by atoms with van der Waals surface area (Å²) in [7, 11) is 0.994. The fourth-order valence-corrected chi connectivity index (χ4v) is 12.8. The van der Waals surface area contributed by atoms with Gasteiger partial charge in [0.15, 0.2) is 11.5 Å². The number of nitrogens with one attached hydrogen (secondary N) is 1. The van der Waals surface area contributed by atoms with Crippen molar-refractivity contribution in [3.05, 3.63) is 227 Å². The van der Waals surface area contributed by atoms with E-state index < -0.39 is 14.2 Å². The van der Waals surface area contributed by atoms with Gasteiger partial charge in [0.05, 0.1) is 5.41 Å². The first-order chi connectivity index (χ1) is 40.7. The van der Waals surface area contributed by atoms with E-state index >= 15 is 0 Å². The Labute approximate surface area is 526 Å². The van der Waals surface area contributed by atoms with E-state index in [1.165, 1.54) is 28.2 Å². The lowest BCUT2D eigenvalue weighted by Gasteiger charge is -2.28. The summed E-state index contributed by atoms with van der Waals surface area (Å²) in [6, 6.07) is 45.7. The third kappa shape index (κ3) is 14.2. The molecule has 14 heteroatoms. The zero-order chi connectivity index (χ0) is 60.7. The maximum absolute atomic E-state index is 12.8. The van der Waals surface area contributed by atoms with Gasteiger partial charge in [0.2, 0.25) is 11.6 Å². The highest BCUT2D eigenvalue weighted by Gasteiger charge is 2.43. The van der Waals surface area contributed by atoms with Crippen molar-refractivity contribution in [1.29, 1.82) is 0 Å². The van der Waals surface area contributed by atoms with Crippen LogP contribution in [0.15, 0.2) is 194 Å². The Morgan fingerprint density at radius 3 is 1.77 bits per heavy atom. The molecular weight excluding hydrogens is 1180 g/mol. The summed E-state index contributed by atoms with van der Waals surface area (Å²) >= 11 is 0. The SMILES string of the molecule is C=C(C)C(=O)CCCCN(Cc1ccccc1B(O)O)Cc1c2ccccc2c(CN(CCCNC(=O)C(=C)C)Cc2ccccc2B(O)O)c2ccc(-c3ccc4c(c3)C(C)(C)C(=CC=CC=CC3=[N+](C)c5ccccc5C3(C)C)N4C)cc12.I. The van der Waals surface area contributed by atoms with Crippen LogP contribution in [-0.2, 0) is 46.6 Å². The number of amides is 1. The third-order valence-electron chi connectivity index (χ3n) is 17.4.